The van der Waals surface area contributed by atoms with Gasteiger partial charge >= 0.3 is 0 Å². The smallest absolute Gasteiger partial charge is 0.225 e. The monoisotopic (exact) mass is 296 g/mol. The molecule has 1 saturated heterocycles. The summed E-state index contributed by atoms with van der Waals surface area (Å²) in [6.45, 7) is 7.25. The number of nitrogens with zero attached hydrogens (tertiary/aromatic N) is 4. The fraction of sp³-hybridized carbons (Fsp3) is 0.643. The maximum atomic E-state index is 12.3. The summed E-state index contributed by atoms with van der Waals surface area (Å²) in [7, 11) is 0. The van der Waals surface area contributed by atoms with Gasteiger partial charge in [-0.3, -0.25) is 4.79 Å². The molecule has 1 aliphatic rings. The molecule has 0 spiro atoms. The largest absolute Gasteiger partial charge is 0.355 e. The Bertz CT molecular complexity index is 456. The van der Waals surface area contributed by atoms with E-state index in [0.717, 1.165) is 44.8 Å². The topological polar surface area (TPSA) is 49.3 Å². The first kappa shape index (κ1) is 15.0. The van der Waals surface area contributed by atoms with Gasteiger partial charge in [-0.25, -0.2) is 9.97 Å². The van der Waals surface area contributed by atoms with E-state index in [-0.39, 0.29) is 11.8 Å². The van der Waals surface area contributed by atoms with Crippen LogP contribution in [0.4, 0.5) is 5.82 Å². The summed E-state index contributed by atoms with van der Waals surface area (Å²) in [4.78, 5) is 24.5. The molecule has 0 bridgehead atoms. The number of hydrogen-bond acceptors (Lipinski definition) is 4. The number of hydrogen-bond donors (Lipinski definition) is 0. The van der Waals surface area contributed by atoms with Crippen molar-refractivity contribution in [2.75, 3.05) is 31.1 Å². The molecule has 0 radical (unpaired) electrons. The average Bonchev–Trinajstić information content (AvgIpc) is 2.49. The molecule has 1 aliphatic heterocycles. The number of carbonyl (C=O) groups excluding carboxylic acids is 1. The van der Waals surface area contributed by atoms with Gasteiger partial charge in [-0.15, -0.1) is 0 Å². The Morgan fingerprint density at radius 3 is 2.60 bits per heavy atom. The number of piperidine rings is 1. The molecule has 1 aromatic heterocycles. The number of halogens is 1. The van der Waals surface area contributed by atoms with Gasteiger partial charge in [0.15, 0.2) is 5.82 Å². The molecule has 20 heavy (non-hydrogen) atoms. The molecule has 1 aromatic rings. The molecule has 0 unspecified atom stereocenters. The Balaban J connectivity index is 1.96. The summed E-state index contributed by atoms with van der Waals surface area (Å²) in [6, 6.07) is 0. The summed E-state index contributed by atoms with van der Waals surface area (Å²) >= 11 is 6.11. The molecule has 2 rings (SSSR count). The Hall–Kier alpha value is -1.36. The Morgan fingerprint density at radius 1 is 1.40 bits per heavy atom. The summed E-state index contributed by atoms with van der Waals surface area (Å²) in [6.07, 6.45) is 4.83. The van der Waals surface area contributed by atoms with E-state index in [1.165, 1.54) is 6.33 Å². The second kappa shape index (κ2) is 6.88. The highest BCUT2D eigenvalue weighted by Gasteiger charge is 2.28. The molecule has 0 atom stereocenters. The van der Waals surface area contributed by atoms with E-state index < -0.39 is 0 Å². The van der Waals surface area contributed by atoms with Crippen LogP contribution in [0.5, 0.6) is 0 Å². The van der Waals surface area contributed by atoms with Gasteiger partial charge in [-0.2, -0.15) is 0 Å². The summed E-state index contributed by atoms with van der Waals surface area (Å²) in [5.74, 6) is 1.19. The van der Waals surface area contributed by atoms with Gasteiger partial charge in [0.1, 0.15) is 11.3 Å². The Kier molecular flexibility index (Phi) is 5.17. The maximum Gasteiger partial charge on any atom is 0.225 e. The Labute approximate surface area is 124 Å². The van der Waals surface area contributed by atoms with E-state index in [1.54, 1.807) is 6.20 Å². The zero-order chi connectivity index (χ0) is 14.5. The second-order valence-electron chi connectivity index (χ2n) is 4.97. The number of carbonyl (C=O) groups is 1. The normalized spacial score (nSPS) is 16.2. The van der Waals surface area contributed by atoms with Gasteiger partial charge in [0.05, 0.1) is 6.20 Å². The molecule has 0 aliphatic carbocycles. The Morgan fingerprint density at radius 2 is 2.05 bits per heavy atom. The van der Waals surface area contributed by atoms with E-state index >= 15 is 0 Å². The van der Waals surface area contributed by atoms with E-state index in [0.29, 0.717) is 5.02 Å². The van der Waals surface area contributed by atoms with Crippen molar-refractivity contribution >= 4 is 23.3 Å². The molecule has 110 valence electrons. The van der Waals surface area contributed by atoms with Crippen LogP contribution in [0.3, 0.4) is 0 Å². The zero-order valence-electron chi connectivity index (χ0n) is 12.0. The van der Waals surface area contributed by atoms with Crippen molar-refractivity contribution in [3.05, 3.63) is 17.5 Å². The first-order valence-corrected chi connectivity index (χ1v) is 7.54. The van der Waals surface area contributed by atoms with Crippen molar-refractivity contribution in [2.24, 2.45) is 5.92 Å². The van der Waals surface area contributed by atoms with E-state index in [4.69, 9.17) is 11.6 Å². The van der Waals surface area contributed by atoms with Gasteiger partial charge in [0.25, 0.3) is 0 Å². The molecule has 1 fully saturated rings. The fourth-order valence-corrected chi connectivity index (χ4v) is 2.90. The van der Waals surface area contributed by atoms with Crippen LogP contribution >= 0.6 is 11.6 Å². The quantitative estimate of drug-likeness (QED) is 0.855. The molecule has 6 heteroatoms. The molecule has 2 heterocycles. The standard InChI is InChI=1S/C14H21ClN4O/c1-3-18(4-2)14(20)11-5-7-19(8-6-11)13-12(15)9-16-10-17-13/h9-11H,3-8H2,1-2H3. The van der Waals surface area contributed by atoms with Crippen LogP contribution in [0.1, 0.15) is 26.7 Å². The first-order valence-electron chi connectivity index (χ1n) is 7.16. The fourth-order valence-electron chi connectivity index (χ4n) is 2.67. The number of anilines is 1. The van der Waals surface area contributed by atoms with Crippen molar-refractivity contribution in [3.63, 3.8) is 0 Å². The third-order valence-electron chi connectivity index (χ3n) is 3.87. The molecule has 1 amide bonds. The zero-order valence-corrected chi connectivity index (χ0v) is 12.8. The van der Waals surface area contributed by atoms with Crippen LogP contribution in [-0.2, 0) is 4.79 Å². The van der Waals surface area contributed by atoms with Gasteiger partial charge in [0, 0.05) is 32.1 Å². The van der Waals surface area contributed by atoms with E-state index in [1.807, 2.05) is 18.7 Å². The van der Waals surface area contributed by atoms with Crippen LogP contribution in [0.25, 0.3) is 0 Å². The highest BCUT2D eigenvalue weighted by molar-refractivity contribution is 6.32. The van der Waals surface area contributed by atoms with Crippen molar-refractivity contribution in [3.8, 4) is 0 Å². The van der Waals surface area contributed by atoms with Crippen molar-refractivity contribution < 1.29 is 4.79 Å². The summed E-state index contributed by atoms with van der Waals surface area (Å²) in [5.41, 5.74) is 0. The van der Waals surface area contributed by atoms with Crippen LogP contribution < -0.4 is 4.90 Å². The van der Waals surface area contributed by atoms with Crippen molar-refractivity contribution in [2.45, 2.75) is 26.7 Å². The lowest BCUT2D eigenvalue weighted by atomic mass is 9.95. The molecule has 0 saturated carbocycles. The average molecular weight is 297 g/mol. The maximum absolute atomic E-state index is 12.3. The highest BCUT2D eigenvalue weighted by atomic mass is 35.5. The van der Waals surface area contributed by atoms with Crippen LogP contribution in [-0.4, -0.2) is 47.0 Å². The van der Waals surface area contributed by atoms with Gasteiger partial charge < -0.3 is 9.80 Å². The van der Waals surface area contributed by atoms with Crippen LogP contribution in [0.2, 0.25) is 5.02 Å². The van der Waals surface area contributed by atoms with Gasteiger partial charge in [-0.1, -0.05) is 11.6 Å². The summed E-state index contributed by atoms with van der Waals surface area (Å²) in [5, 5.41) is 0.570. The van der Waals surface area contributed by atoms with Crippen LogP contribution in [0, 0.1) is 5.92 Å². The lowest BCUT2D eigenvalue weighted by Crippen LogP contribution is -2.42. The van der Waals surface area contributed by atoms with E-state index in [9.17, 15) is 4.79 Å². The van der Waals surface area contributed by atoms with E-state index in [2.05, 4.69) is 14.9 Å². The SMILES string of the molecule is CCN(CC)C(=O)C1CCN(c2ncncc2Cl)CC1. The lowest BCUT2D eigenvalue weighted by Gasteiger charge is -2.34. The van der Waals surface area contributed by atoms with Crippen LogP contribution in [0.15, 0.2) is 12.5 Å². The van der Waals surface area contributed by atoms with Crippen molar-refractivity contribution in [1.29, 1.82) is 0 Å². The van der Waals surface area contributed by atoms with Gasteiger partial charge in [-0.05, 0) is 26.7 Å². The highest BCUT2D eigenvalue weighted by Crippen LogP contribution is 2.27. The third kappa shape index (κ3) is 3.20. The minimum atomic E-state index is 0.131. The molecule has 0 N–H and O–H groups in total. The predicted octanol–water partition coefficient (Wildman–Crippen LogP) is 2.21. The third-order valence-corrected chi connectivity index (χ3v) is 4.13. The number of rotatable bonds is 4. The predicted molar refractivity (Wildman–Crippen MR) is 79.9 cm³/mol. The van der Waals surface area contributed by atoms with Crippen molar-refractivity contribution in [1.82, 2.24) is 14.9 Å². The molecule has 0 aromatic carbocycles. The molecular weight excluding hydrogens is 276 g/mol. The number of aromatic nitrogens is 2. The minimum absolute atomic E-state index is 0.131. The summed E-state index contributed by atoms with van der Waals surface area (Å²) < 4.78 is 0. The number of amides is 1. The first-order chi connectivity index (χ1) is 9.67. The lowest BCUT2D eigenvalue weighted by molar-refractivity contribution is -0.135. The minimum Gasteiger partial charge on any atom is -0.355 e. The second-order valence-corrected chi connectivity index (χ2v) is 5.37. The molecule has 5 nitrogen and oxygen atoms in total. The van der Waals surface area contributed by atoms with Gasteiger partial charge in [0.2, 0.25) is 5.91 Å². The molecular formula is C14H21ClN4O.